The molecule has 12 heteroatoms. The van der Waals surface area contributed by atoms with Crippen LogP contribution in [0.4, 0.5) is 39.2 Å². The van der Waals surface area contributed by atoms with Crippen LogP contribution >= 0.6 is 0 Å². The number of carbonyl (C=O) groups is 2. The van der Waals surface area contributed by atoms with E-state index in [4.69, 9.17) is 9.47 Å². The van der Waals surface area contributed by atoms with Crippen LogP contribution in [0.2, 0.25) is 0 Å². The molecular formula is C23H22FN7O4. The smallest absolute Gasteiger partial charge is 0.269 e. The van der Waals surface area contributed by atoms with E-state index in [-0.39, 0.29) is 41.8 Å². The van der Waals surface area contributed by atoms with Gasteiger partial charge in [0.05, 0.1) is 12.8 Å². The predicted octanol–water partition coefficient (Wildman–Crippen LogP) is 2.97. The van der Waals surface area contributed by atoms with Gasteiger partial charge in [-0.1, -0.05) is 0 Å². The number of benzene rings is 1. The van der Waals surface area contributed by atoms with Gasteiger partial charge < -0.3 is 30.3 Å². The molecule has 1 fully saturated rings. The summed E-state index contributed by atoms with van der Waals surface area (Å²) in [7, 11) is 0. The second-order valence-corrected chi connectivity index (χ2v) is 8.39. The van der Waals surface area contributed by atoms with Gasteiger partial charge in [0.25, 0.3) is 11.8 Å². The molecule has 2 aliphatic heterocycles. The minimum Gasteiger partial charge on any atom is -0.474 e. The summed E-state index contributed by atoms with van der Waals surface area (Å²) in [4.78, 5) is 38.3. The molecular weight excluding hydrogens is 457 g/mol. The van der Waals surface area contributed by atoms with Gasteiger partial charge in [0.1, 0.15) is 12.4 Å². The Hall–Kier alpha value is -4.32. The molecule has 0 atom stereocenters. The molecule has 2 aliphatic rings. The van der Waals surface area contributed by atoms with Crippen molar-refractivity contribution in [3.05, 3.63) is 48.4 Å². The number of rotatable bonds is 5. The van der Waals surface area contributed by atoms with Crippen molar-refractivity contribution >= 4 is 46.6 Å². The molecule has 0 radical (unpaired) electrons. The lowest BCUT2D eigenvalue weighted by atomic mass is 10.1. The zero-order valence-corrected chi connectivity index (χ0v) is 19.0. The van der Waals surface area contributed by atoms with Gasteiger partial charge in [0, 0.05) is 17.9 Å². The molecule has 1 aromatic carbocycles. The predicted molar refractivity (Wildman–Crippen MR) is 126 cm³/mol. The quantitative estimate of drug-likeness (QED) is 0.505. The number of carbonyl (C=O) groups excluding carboxylic acids is 2. The van der Waals surface area contributed by atoms with Gasteiger partial charge >= 0.3 is 0 Å². The first-order chi connectivity index (χ1) is 16.8. The van der Waals surface area contributed by atoms with E-state index >= 15 is 0 Å². The van der Waals surface area contributed by atoms with Crippen LogP contribution in [0.1, 0.15) is 13.8 Å². The SMILES string of the molecule is CC1(C)Oc2ccc(Nc3nc(Nc4ccc(N5CCOCC5=O)cc4)ncc3F)nc2NC1=O. The number of halogens is 1. The number of hydrogen-bond acceptors (Lipinski definition) is 9. The fourth-order valence-electron chi connectivity index (χ4n) is 3.55. The van der Waals surface area contributed by atoms with E-state index in [1.165, 1.54) is 0 Å². The molecule has 0 saturated carbocycles. The van der Waals surface area contributed by atoms with Crippen molar-refractivity contribution in [2.45, 2.75) is 19.4 Å². The maximum atomic E-state index is 14.4. The topological polar surface area (TPSA) is 131 Å². The molecule has 5 rings (SSSR count). The van der Waals surface area contributed by atoms with Crippen LogP contribution in [-0.2, 0) is 14.3 Å². The Balaban J connectivity index is 1.30. The number of fused-ring (bicyclic) bond motifs is 1. The zero-order valence-electron chi connectivity index (χ0n) is 19.0. The number of nitrogens with one attached hydrogen (secondary N) is 3. The molecule has 0 aliphatic carbocycles. The van der Waals surface area contributed by atoms with Gasteiger partial charge in [0.15, 0.2) is 28.8 Å². The third-order valence-electron chi connectivity index (χ3n) is 5.41. The Bertz CT molecular complexity index is 1300. The van der Waals surface area contributed by atoms with Crippen molar-refractivity contribution in [1.82, 2.24) is 15.0 Å². The van der Waals surface area contributed by atoms with E-state index in [0.717, 1.165) is 11.9 Å². The second-order valence-electron chi connectivity index (χ2n) is 8.39. The van der Waals surface area contributed by atoms with Gasteiger partial charge in [-0.2, -0.15) is 4.98 Å². The number of amides is 2. The lowest BCUT2D eigenvalue weighted by Gasteiger charge is -2.30. The van der Waals surface area contributed by atoms with E-state index in [2.05, 4.69) is 30.9 Å². The molecule has 4 heterocycles. The molecule has 3 aromatic rings. The van der Waals surface area contributed by atoms with Crippen molar-refractivity contribution in [3.63, 3.8) is 0 Å². The van der Waals surface area contributed by atoms with Gasteiger partial charge in [-0.3, -0.25) is 9.59 Å². The summed E-state index contributed by atoms with van der Waals surface area (Å²) < 4.78 is 25.2. The van der Waals surface area contributed by atoms with Crippen molar-refractivity contribution in [1.29, 1.82) is 0 Å². The number of pyridine rings is 1. The summed E-state index contributed by atoms with van der Waals surface area (Å²) in [6.07, 6.45) is 1.03. The van der Waals surface area contributed by atoms with Crippen molar-refractivity contribution in [2.75, 3.05) is 40.6 Å². The number of aromatic nitrogens is 3. The molecule has 1 saturated heterocycles. The summed E-state index contributed by atoms with van der Waals surface area (Å²) in [5.74, 6) is -0.167. The van der Waals surface area contributed by atoms with Gasteiger partial charge in [-0.25, -0.2) is 14.4 Å². The molecule has 2 aromatic heterocycles. The molecule has 11 nitrogen and oxygen atoms in total. The molecule has 180 valence electrons. The zero-order chi connectivity index (χ0) is 24.6. The monoisotopic (exact) mass is 479 g/mol. The largest absolute Gasteiger partial charge is 0.474 e. The molecule has 2 amide bonds. The summed E-state index contributed by atoms with van der Waals surface area (Å²) in [6, 6.07) is 10.4. The highest BCUT2D eigenvalue weighted by atomic mass is 19.1. The van der Waals surface area contributed by atoms with E-state index in [1.807, 2.05) is 0 Å². The maximum absolute atomic E-state index is 14.4. The first-order valence-corrected chi connectivity index (χ1v) is 10.8. The van der Waals surface area contributed by atoms with Crippen LogP contribution < -0.4 is 25.6 Å². The van der Waals surface area contributed by atoms with Crippen molar-refractivity contribution < 1.29 is 23.5 Å². The van der Waals surface area contributed by atoms with E-state index in [9.17, 15) is 14.0 Å². The lowest BCUT2D eigenvalue weighted by molar-refractivity contribution is -0.129. The highest BCUT2D eigenvalue weighted by Crippen LogP contribution is 2.33. The first-order valence-electron chi connectivity index (χ1n) is 10.8. The Labute approximate surface area is 199 Å². The number of hydrogen-bond donors (Lipinski definition) is 3. The molecule has 3 N–H and O–H groups in total. The average Bonchev–Trinajstić information content (AvgIpc) is 2.83. The third kappa shape index (κ3) is 4.68. The third-order valence-corrected chi connectivity index (χ3v) is 5.41. The number of nitrogens with zero attached hydrogens (tertiary/aromatic N) is 4. The van der Waals surface area contributed by atoms with Gasteiger partial charge in [0.2, 0.25) is 5.95 Å². The summed E-state index contributed by atoms with van der Waals surface area (Å²) in [5, 5.41) is 8.49. The second kappa shape index (κ2) is 8.80. The van der Waals surface area contributed by atoms with Crippen LogP contribution in [0.25, 0.3) is 0 Å². The van der Waals surface area contributed by atoms with Gasteiger partial charge in [-0.15, -0.1) is 0 Å². The number of morpholine rings is 1. The maximum Gasteiger partial charge on any atom is 0.269 e. The Morgan fingerprint density at radius 2 is 1.89 bits per heavy atom. The highest BCUT2D eigenvalue weighted by Gasteiger charge is 2.36. The Kier molecular flexibility index (Phi) is 5.65. The van der Waals surface area contributed by atoms with E-state index < -0.39 is 11.4 Å². The van der Waals surface area contributed by atoms with Crippen LogP contribution in [0.15, 0.2) is 42.6 Å². The lowest BCUT2D eigenvalue weighted by Crippen LogP contribution is -2.46. The highest BCUT2D eigenvalue weighted by molar-refractivity contribution is 5.99. The fourth-order valence-corrected chi connectivity index (χ4v) is 3.55. The normalized spacial score (nSPS) is 16.7. The van der Waals surface area contributed by atoms with Crippen LogP contribution in [0, 0.1) is 5.82 Å². The molecule has 35 heavy (non-hydrogen) atoms. The van der Waals surface area contributed by atoms with E-state index in [1.54, 1.807) is 55.1 Å². The molecule has 0 spiro atoms. The minimum absolute atomic E-state index is 0.0651. The van der Waals surface area contributed by atoms with Crippen molar-refractivity contribution in [3.8, 4) is 5.75 Å². The van der Waals surface area contributed by atoms with Crippen LogP contribution in [0.3, 0.4) is 0 Å². The molecule has 0 bridgehead atoms. The molecule has 0 unspecified atom stereocenters. The summed E-state index contributed by atoms with van der Waals surface area (Å²) >= 11 is 0. The standard InChI is InChI=1S/C23H22FN7O4/c1-23(2)21(33)29-20-16(35-23)7-8-17(28-20)27-19-15(24)11-25-22(30-19)26-13-3-5-14(6-4-13)31-9-10-34-12-18(31)32/h3-8,11H,9-10,12H2,1-2H3,(H3,25,26,27,28,29,30,33). The van der Waals surface area contributed by atoms with Crippen LogP contribution in [0.5, 0.6) is 5.75 Å². The average molecular weight is 479 g/mol. The summed E-state index contributed by atoms with van der Waals surface area (Å²) in [6.45, 7) is 4.35. The fraction of sp³-hybridized carbons (Fsp3) is 0.261. The Morgan fingerprint density at radius 1 is 1.09 bits per heavy atom. The Morgan fingerprint density at radius 3 is 2.66 bits per heavy atom. The van der Waals surface area contributed by atoms with Crippen molar-refractivity contribution in [2.24, 2.45) is 0 Å². The van der Waals surface area contributed by atoms with Crippen LogP contribution in [-0.4, -0.2) is 52.1 Å². The van der Waals surface area contributed by atoms with Gasteiger partial charge in [-0.05, 0) is 50.2 Å². The minimum atomic E-state index is -1.01. The van der Waals surface area contributed by atoms with E-state index in [0.29, 0.717) is 24.6 Å². The summed E-state index contributed by atoms with van der Waals surface area (Å²) in [5.41, 5.74) is 0.393. The number of ether oxygens (including phenoxy) is 2. The first kappa shape index (κ1) is 22.5. The number of anilines is 6.